The molecule has 2 aromatic rings. The summed E-state index contributed by atoms with van der Waals surface area (Å²) in [6.07, 6.45) is 1.46. The maximum atomic E-state index is 14.9. The van der Waals surface area contributed by atoms with Crippen LogP contribution in [0, 0.1) is 13.8 Å². The molecule has 0 spiro atoms. The van der Waals surface area contributed by atoms with Crippen LogP contribution in [-0.4, -0.2) is 35.2 Å². The fourth-order valence-electron chi connectivity index (χ4n) is 3.00. The van der Waals surface area contributed by atoms with Gasteiger partial charge in [-0.1, -0.05) is 0 Å². The Morgan fingerprint density at radius 1 is 1.11 bits per heavy atom. The molecule has 1 aromatic heterocycles. The van der Waals surface area contributed by atoms with Crippen molar-refractivity contribution in [3.05, 3.63) is 46.9 Å². The van der Waals surface area contributed by atoms with E-state index >= 15 is 0 Å². The number of ether oxygens (including phenoxy) is 1. The molecule has 0 atom stereocenters. The number of halogens is 1. The number of nitrogens with zero attached hydrogens (tertiary/aromatic N) is 2. The molecule has 1 aromatic carbocycles. The Bertz CT molecular complexity index is 856. The number of methoxy groups -OCH3 is 1. The van der Waals surface area contributed by atoms with Gasteiger partial charge in [0.15, 0.2) is 0 Å². The minimum atomic E-state index is -1.02. The van der Waals surface area contributed by atoms with Crippen molar-refractivity contribution in [3.8, 4) is 11.4 Å². The monoisotopic (exact) mass is 372 g/mol. The highest BCUT2D eigenvalue weighted by molar-refractivity contribution is 6.54. The lowest BCUT2D eigenvalue weighted by atomic mass is 9.86. The van der Waals surface area contributed by atoms with Crippen LogP contribution >= 0.6 is 0 Å². The van der Waals surface area contributed by atoms with Crippen molar-refractivity contribution >= 4 is 13.2 Å². The quantitative estimate of drug-likeness (QED) is 0.745. The predicted octanol–water partition coefficient (Wildman–Crippen LogP) is 4.44. The number of hydrogen-bond donors (Lipinski definition) is 0. The Morgan fingerprint density at radius 3 is 2.19 bits per heavy atom. The lowest BCUT2D eigenvalue weighted by Gasteiger charge is -2.32. The van der Waals surface area contributed by atoms with Crippen LogP contribution in [0.25, 0.3) is 11.8 Å². The maximum absolute atomic E-state index is 14.9. The van der Waals surface area contributed by atoms with Gasteiger partial charge in [0.05, 0.1) is 29.7 Å². The predicted molar refractivity (Wildman–Crippen MR) is 105 cm³/mol. The van der Waals surface area contributed by atoms with Crippen LogP contribution < -0.4 is 4.74 Å². The van der Waals surface area contributed by atoms with Crippen LogP contribution in [0.4, 0.5) is 4.39 Å². The second kappa shape index (κ2) is 6.80. The molecule has 0 bridgehead atoms. The van der Waals surface area contributed by atoms with Gasteiger partial charge in [0.25, 0.3) is 0 Å². The fraction of sp³-hybridized carbons (Fsp3) is 0.450. The van der Waals surface area contributed by atoms with Crippen molar-refractivity contribution in [1.29, 1.82) is 0 Å². The molecule has 7 heteroatoms. The number of rotatable bonds is 4. The summed E-state index contributed by atoms with van der Waals surface area (Å²) < 4.78 is 33.5. The second-order valence-electron chi connectivity index (χ2n) is 7.81. The van der Waals surface area contributed by atoms with E-state index in [9.17, 15) is 4.39 Å². The molecule has 2 heterocycles. The molecule has 0 aliphatic carbocycles. The van der Waals surface area contributed by atoms with E-state index in [2.05, 4.69) is 5.10 Å². The van der Waals surface area contributed by atoms with Crippen LogP contribution in [0.5, 0.6) is 5.75 Å². The van der Waals surface area contributed by atoms with Crippen molar-refractivity contribution < 1.29 is 18.4 Å². The van der Waals surface area contributed by atoms with E-state index in [-0.39, 0.29) is 0 Å². The Labute approximate surface area is 160 Å². The molecule has 1 aliphatic rings. The Hall–Kier alpha value is -2.12. The molecule has 1 aliphatic heterocycles. The molecule has 0 unspecified atom stereocenters. The highest BCUT2D eigenvalue weighted by atomic mass is 19.1. The van der Waals surface area contributed by atoms with Gasteiger partial charge in [-0.2, -0.15) is 5.10 Å². The molecule has 0 saturated carbocycles. The first kappa shape index (κ1) is 19.6. The average Bonchev–Trinajstić information content (AvgIpc) is 3.01. The van der Waals surface area contributed by atoms with Crippen molar-refractivity contribution in [2.45, 2.75) is 52.7 Å². The van der Waals surface area contributed by atoms with Crippen LogP contribution in [0.3, 0.4) is 0 Å². The number of aromatic nitrogens is 2. The van der Waals surface area contributed by atoms with Gasteiger partial charge < -0.3 is 14.0 Å². The van der Waals surface area contributed by atoms with E-state index in [0.29, 0.717) is 0 Å². The normalized spacial score (nSPS) is 18.8. The van der Waals surface area contributed by atoms with Gasteiger partial charge in [-0.25, -0.2) is 9.07 Å². The minimum absolute atomic E-state index is 0.464. The molecule has 3 rings (SSSR count). The Balaban J connectivity index is 1.91. The van der Waals surface area contributed by atoms with E-state index in [4.69, 9.17) is 14.0 Å². The van der Waals surface area contributed by atoms with E-state index in [0.717, 1.165) is 28.4 Å². The third-order valence-corrected chi connectivity index (χ3v) is 5.42. The summed E-state index contributed by atoms with van der Waals surface area (Å²) in [6, 6.07) is 7.56. The fourth-order valence-corrected chi connectivity index (χ4v) is 3.00. The number of hydrogen-bond acceptors (Lipinski definition) is 4. The third kappa shape index (κ3) is 3.54. The van der Waals surface area contributed by atoms with Crippen LogP contribution in [0.2, 0.25) is 0 Å². The van der Waals surface area contributed by atoms with Crippen molar-refractivity contribution in [3.63, 3.8) is 0 Å². The second-order valence-corrected chi connectivity index (χ2v) is 7.81. The van der Waals surface area contributed by atoms with Gasteiger partial charge in [0.2, 0.25) is 0 Å². The number of aryl methyl sites for hydroxylation is 1. The van der Waals surface area contributed by atoms with Crippen molar-refractivity contribution in [2.75, 3.05) is 7.11 Å². The van der Waals surface area contributed by atoms with E-state index in [1.807, 2.05) is 65.8 Å². The first-order valence-electron chi connectivity index (χ1n) is 8.99. The molecule has 5 nitrogen and oxygen atoms in total. The van der Waals surface area contributed by atoms with E-state index in [1.165, 1.54) is 6.08 Å². The lowest BCUT2D eigenvalue weighted by molar-refractivity contribution is 0.00578. The maximum Gasteiger partial charge on any atom is 0.525 e. The summed E-state index contributed by atoms with van der Waals surface area (Å²) in [5, 5.41) is 4.56. The summed E-state index contributed by atoms with van der Waals surface area (Å²) >= 11 is 0. The van der Waals surface area contributed by atoms with Gasteiger partial charge in [-0.05, 0) is 71.9 Å². The first-order chi connectivity index (χ1) is 12.6. The van der Waals surface area contributed by atoms with Crippen LogP contribution in [0.15, 0.2) is 30.0 Å². The summed E-state index contributed by atoms with van der Waals surface area (Å²) in [7, 11) is 0.609. The highest BCUT2D eigenvalue weighted by Gasteiger charge is 2.53. The summed E-state index contributed by atoms with van der Waals surface area (Å²) in [4.78, 5) is 0. The van der Waals surface area contributed by atoms with Gasteiger partial charge in [0, 0.05) is 11.3 Å². The molecular formula is C20H26BFN2O3. The minimum Gasteiger partial charge on any atom is -0.497 e. The van der Waals surface area contributed by atoms with Crippen molar-refractivity contribution in [2.24, 2.45) is 0 Å². The molecule has 27 heavy (non-hydrogen) atoms. The first-order valence-corrected chi connectivity index (χ1v) is 8.99. The van der Waals surface area contributed by atoms with Gasteiger partial charge in [-0.3, -0.25) is 0 Å². The zero-order chi connectivity index (χ0) is 20.0. The molecule has 144 valence electrons. The van der Waals surface area contributed by atoms with Crippen LogP contribution in [0.1, 0.15) is 44.6 Å². The van der Waals surface area contributed by atoms with Crippen LogP contribution in [-0.2, 0) is 9.31 Å². The smallest absolute Gasteiger partial charge is 0.497 e. The highest BCUT2D eigenvalue weighted by Crippen LogP contribution is 2.39. The standard InChI is InChI=1S/C20H26BFN2O3/c1-13-17(12-18(22)21-26-19(3,4)20(5,6)27-21)14(2)24(23-13)15-8-10-16(25-7)11-9-15/h8-12H,1-7H3. The molecular weight excluding hydrogens is 346 g/mol. The summed E-state index contributed by atoms with van der Waals surface area (Å²) in [5.41, 5.74) is 1.54. The molecule has 1 fully saturated rings. The van der Waals surface area contributed by atoms with Gasteiger partial charge >= 0.3 is 7.12 Å². The Kier molecular flexibility index (Phi) is 4.95. The molecule has 0 N–H and O–H groups in total. The molecule has 0 amide bonds. The number of benzene rings is 1. The van der Waals surface area contributed by atoms with E-state index < -0.39 is 24.0 Å². The SMILES string of the molecule is COc1ccc(-n2nc(C)c(C=C(F)B3OC(C)(C)C(C)(C)O3)c2C)cc1. The zero-order valence-corrected chi connectivity index (χ0v) is 17.0. The summed E-state index contributed by atoms with van der Waals surface area (Å²) in [6.45, 7) is 11.4. The van der Waals surface area contributed by atoms with Gasteiger partial charge in [0.1, 0.15) is 11.5 Å². The van der Waals surface area contributed by atoms with Gasteiger partial charge in [-0.15, -0.1) is 0 Å². The van der Waals surface area contributed by atoms with E-state index in [1.54, 1.807) is 11.8 Å². The topological polar surface area (TPSA) is 45.5 Å². The third-order valence-electron chi connectivity index (χ3n) is 5.42. The van der Waals surface area contributed by atoms with Crippen molar-refractivity contribution in [1.82, 2.24) is 9.78 Å². The lowest BCUT2D eigenvalue weighted by Crippen LogP contribution is -2.41. The molecule has 1 saturated heterocycles. The summed E-state index contributed by atoms with van der Waals surface area (Å²) in [5.74, 6) is 0.771. The largest absolute Gasteiger partial charge is 0.525 e. The average molecular weight is 372 g/mol. The Morgan fingerprint density at radius 2 is 1.67 bits per heavy atom. The molecule has 0 radical (unpaired) electrons. The zero-order valence-electron chi connectivity index (χ0n) is 17.0.